The van der Waals surface area contributed by atoms with E-state index in [9.17, 15) is 4.79 Å². The largest absolute Gasteiger partial charge is 0.421 e. The van der Waals surface area contributed by atoms with Gasteiger partial charge in [-0.3, -0.25) is 9.89 Å². The second kappa shape index (κ2) is 5.90. The zero-order valence-electron chi connectivity index (χ0n) is 12.3. The SMILES string of the molecule is CC(C)N=C1/C(=C/c2ccccc2)OC(=O)N1C(C)C. The summed E-state index contributed by atoms with van der Waals surface area (Å²) in [5.41, 5.74) is 0.984. The molecule has 1 aromatic rings. The Morgan fingerprint density at radius 1 is 1.15 bits per heavy atom. The Labute approximate surface area is 119 Å². The van der Waals surface area contributed by atoms with E-state index in [1.165, 1.54) is 0 Å². The molecule has 106 valence electrons. The molecule has 2 rings (SSSR count). The van der Waals surface area contributed by atoms with Gasteiger partial charge in [-0.2, -0.15) is 0 Å². The Balaban J connectivity index is 2.42. The van der Waals surface area contributed by atoms with Crippen LogP contribution in [-0.2, 0) is 4.74 Å². The number of ether oxygens (including phenoxy) is 1. The Morgan fingerprint density at radius 3 is 2.35 bits per heavy atom. The Morgan fingerprint density at radius 2 is 1.80 bits per heavy atom. The molecule has 1 aromatic carbocycles. The number of carbonyl (C=O) groups is 1. The van der Waals surface area contributed by atoms with Crippen molar-refractivity contribution in [3.05, 3.63) is 41.7 Å². The fourth-order valence-corrected chi connectivity index (χ4v) is 2.01. The van der Waals surface area contributed by atoms with Gasteiger partial charge in [0.05, 0.1) is 0 Å². The van der Waals surface area contributed by atoms with E-state index in [4.69, 9.17) is 4.74 Å². The average Bonchev–Trinajstić information content (AvgIpc) is 2.66. The van der Waals surface area contributed by atoms with Crippen molar-refractivity contribution in [2.45, 2.75) is 39.8 Å². The first-order valence-electron chi connectivity index (χ1n) is 6.85. The first-order valence-corrected chi connectivity index (χ1v) is 6.85. The third-order valence-corrected chi connectivity index (χ3v) is 2.84. The van der Waals surface area contributed by atoms with Gasteiger partial charge in [0.15, 0.2) is 11.6 Å². The fraction of sp³-hybridized carbons (Fsp3) is 0.375. The van der Waals surface area contributed by atoms with Crippen LogP contribution >= 0.6 is 0 Å². The van der Waals surface area contributed by atoms with Crippen LogP contribution in [-0.4, -0.2) is 28.9 Å². The molecule has 0 aliphatic carbocycles. The van der Waals surface area contributed by atoms with Crippen LogP contribution in [0.4, 0.5) is 4.79 Å². The predicted octanol–water partition coefficient (Wildman–Crippen LogP) is 3.70. The molecule has 0 aromatic heterocycles. The zero-order valence-corrected chi connectivity index (χ0v) is 12.3. The molecule has 0 bridgehead atoms. The van der Waals surface area contributed by atoms with Crippen molar-refractivity contribution in [1.82, 2.24) is 4.90 Å². The Bertz CT molecular complexity index is 545. The van der Waals surface area contributed by atoms with Crippen molar-refractivity contribution < 1.29 is 9.53 Å². The third-order valence-electron chi connectivity index (χ3n) is 2.84. The van der Waals surface area contributed by atoms with E-state index in [1.807, 2.05) is 64.1 Å². The maximum atomic E-state index is 12.0. The number of nitrogens with zero attached hydrogens (tertiary/aromatic N) is 2. The van der Waals surface area contributed by atoms with Gasteiger partial charge in [-0.1, -0.05) is 30.3 Å². The van der Waals surface area contributed by atoms with E-state index >= 15 is 0 Å². The highest BCUT2D eigenvalue weighted by Crippen LogP contribution is 2.23. The van der Waals surface area contributed by atoms with Crippen molar-refractivity contribution in [1.29, 1.82) is 0 Å². The summed E-state index contributed by atoms with van der Waals surface area (Å²) in [7, 11) is 0. The Hall–Kier alpha value is -2.10. The quantitative estimate of drug-likeness (QED) is 0.842. The molecule has 0 unspecified atom stereocenters. The minimum Gasteiger partial charge on any atom is -0.406 e. The van der Waals surface area contributed by atoms with Crippen molar-refractivity contribution in [3.63, 3.8) is 0 Å². The summed E-state index contributed by atoms with van der Waals surface area (Å²) in [6.07, 6.45) is 1.49. The molecular weight excluding hydrogens is 252 g/mol. The maximum Gasteiger partial charge on any atom is 0.421 e. The monoisotopic (exact) mass is 272 g/mol. The van der Waals surface area contributed by atoms with Crippen LogP contribution in [0.25, 0.3) is 6.08 Å². The lowest BCUT2D eigenvalue weighted by Crippen LogP contribution is -2.35. The minimum atomic E-state index is -0.360. The number of hydrogen-bond donors (Lipinski definition) is 0. The second-order valence-electron chi connectivity index (χ2n) is 5.30. The van der Waals surface area contributed by atoms with Crippen LogP contribution in [0.2, 0.25) is 0 Å². The molecule has 1 aliphatic heterocycles. The van der Waals surface area contributed by atoms with Gasteiger partial charge in [-0.15, -0.1) is 0 Å². The molecule has 1 heterocycles. The van der Waals surface area contributed by atoms with Crippen LogP contribution in [0.5, 0.6) is 0 Å². The van der Waals surface area contributed by atoms with Gasteiger partial charge in [0, 0.05) is 12.1 Å². The van der Waals surface area contributed by atoms with E-state index in [2.05, 4.69) is 4.99 Å². The van der Waals surface area contributed by atoms with Crippen LogP contribution in [0.15, 0.2) is 41.1 Å². The summed E-state index contributed by atoms with van der Waals surface area (Å²) in [5.74, 6) is 1.13. The summed E-state index contributed by atoms with van der Waals surface area (Å²) >= 11 is 0. The van der Waals surface area contributed by atoms with Gasteiger partial charge in [0.25, 0.3) is 0 Å². The topological polar surface area (TPSA) is 41.9 Å². The number of cyclic esters (lactones) is 1. The summed E-state index contributed by atoms with van der Waals surface area (Å²) in [5, 5.41) is 0. The fourth-order valence-electron chi connectivity index (χ4n) is 2.01. The highest BCUT2D eigenvalue weighted by Gasteiger charge is 2.36. The molecule has 20 heavy (non-hydrogen) atoms. The maximum absolute atomic E-state index is 12.0. The van der Waals surface area contributed by atoms with Gasteiger partial charge < -0.3 is 4.74 Å². The van der Waals surface area contributed by atoms with Gasteiger partial charge in [0.2, 0.25) is 0 Å². The number of hydrogen-bond acceptors (Lipinski definition) is 3. The number of carbonyl (C=O) groups excluding carboxylic acids is 1. The molecule has 0 N–H and O–H groups in total. The van der Waals surface area contributed by atoms with Crippen molar-refractivity contribution >= 4 is 18.0 Å². The lowest BCUT2D eigenvalue weighted by Gasteiger charge is -2.18. The first-order chi connectivity index (χ1) is 9.49. The normalized spacial score (nSPS) is 19.5. The van der Waals surface area contributed by atoms with E-state index < -0.39 is 0 Å². The first kappa shape index (κ1) is 14.3. The predicted molar refractivity (Wildman–Crippen MR) is 80.4 cm³/mol. The smallest absolute Gasteiger partial charge is 0.406 e. The van der Waals surface area contributed by atoms with Crippen LogP contribution in [0, 0.1) is 0 Å². The zero-order chi connectivity index (χ0) is 14.7. The molecule has 0 atom stereocenters. The number of amides is 1. The van der Waals surface area contributed by atoms with Crippen LogP contribution in [0.1, 0.15) is 33.3 Å². The number of rotatable bonds is 3. The van der Waals surface area contributed by atoms with Crippen molar-refractivity contribution in [2.24, 2.45) is 4.99 Å². The summed E-state index contributed by atoms with van der Waals surface area (Å²) in [6, 6.07) is 9.89. The summed E-state index contributed by atoms with van der Waals surface area (Å²) in [6.45, 7) is 7.86. The molecule has 1 amide bonds. The van der Waals surface area contributed by atoms with Gasteiger partial charge >= 0.3 is 6.09 Å². The molecule has 0 radical (unpaired) electrons. The number of benzene rings is 1. The van der Waals surface area contributed by atoms with Crippen LogP contribution < -0.4 is 0 Å². The van der Waals surface area contributed by atoms with E-state index in [0.717, 1.165) is 5.56 Å². The summed E-state index contributed by atoms with van der Waals surface area (Å²) in [4.78, 5) is 18.1. The molecule has 4 heteroatoms. The molecule has 1 fully saturated rings. The highest BCUT2D eigenvalue weighted by molar-refractivity contribution is 6.13. The lowest BCUT2D eigenvalue weighted by molar-refractivity contribution is 0.166. The second-order valence-corrected chi connectivity index (χ2v) is 5.30. The van der Waals surface area contributed by atoms with E-state index in [0.29, 0.717) is 11.6 Å². The van der Waals surface area contributed by atoms with Gasteiger partial charge in [-0.25, -0.2) is 4.79 Å². The van der Waals surface area contributed by atoms with E-state index in [1.54, 1.807) is 4.90 Å². The van der Waals surface area contributed by atoms with E-state index in [-0.39, 0.29) is 18.2 Å². The van der Waals surface area contributed by atoms with Gasteiger partial charge in [-0.05, 0) is 39.3 Å². The lowest BCUT2D eigenvalue weighted by atomic mass is 10.2. The highest BCUT2D eigenvalue weighted by atomic mass is 16.6. The van der Waals surface area contributed by atoms with Crippen molar-refractivity contribution in [3.8, 4) is 0 Å². The average molecular weight is 272 g/mol. The third kappa shape index (κ3) is 3.07. The molecular formula is C16H20N2O2. The summed E-state index contributed by atoms with van der Waals surface area (Å²) < 4.78 is 5.37. The number of aliphatic imine (C=N–C) groups is 1. The molecule has 0 saturated carbocycles. The Kier molecular flexibility index (Phi) is 4.23. The molecule has 4 nitrogen and oxygen atoms in total. The van der Waals surface area contributed by atoms with Crippen LogP contribution in [0.3, 0.4) is 0 Å². The van der Waals surface area contributed by atoms with Crippen molar-refractivity contribution in [2.75, 3.05) is 0 Å². The van der Waals surface area contributed by atoms with Gasteiger partial charge in [0.1, 0.15) is 0 Å². The number of amidine groups is 1. The minimum absolute atomic E-state index is 0.0154. The molecule has 1 saturated heterocycles. The standard InChI is InChI=1S/C16H20N2O2/c1-11(2)17-15-14(10-13-8-6-5-7-9-13)20-16(19)18(15)12(3)4/h5-12H,1-4H3/b14-10-,17-15?. The molecule has 1 aliphatic rings. The molecule has 0 spiro atoms.